The molecule has 3 aromatic rings. The van der Waals surface area contributed by atoms with E-state index in [1.54, 1.807) is 18.4 Å². The van der Waals surface area contributed by atoms with Gasteiger partial charge in [-0.15, -0.1) is 11.3 Å². The normalized spacial score (nSPS) is 13.4. The molecule has 0 fully saturated rings. The number of thiophene rings is 1. The number of nitriles is 1. The molecule has 2 heterocycles. The molecule has 0 atom stereocenters. The number of hydrogen-bond acceptors (Lipinski definition) is 5. The van der Waals surface area contributed by atoms with Crippen LogP contribution in [-0.4, -0.2) is 16.7 Å². The number of benzene rings is 1. The lowest BCUT2D eigenvalue weighted by atomic mass is 9.97. The lowest BCUT2D eigenvalue weighted by molar-refractivity contribution is 0.415. The van der Waals surface area contributed by atoms with E-state index in [4.69, 9.17) is 9.72 Å². The second-order valence-corrected chi connectivity index (χ2v) is 7.19. The van der Waals surface area contributed by atoms with Gasteiger partial charge < -0.3 is 4.74 Å². The minimum atomic E-state index is -0.108. The van der Waals surface area contributed by atoms with Crippen molar-refractivity contribution in [2.24, 2.45) is 0 Å². The van der Waals surface area contributed by atoms with Gasteiger partial charge in [-0.05, 0) is 43.4 Å². The lowest BCUT2D eigenvalue weighted by Gasteiger charge is -2.12. The monoisotopic (exact) mass is 351 g/mol. The first-order valence-corrected chi connectivity index (χ1v) is 9.11. The van der Waals surface area contributed by atoms with E-state index >= 15 is 0 Å². The number of ether oxygens (including phenoxy) is 1. The summed E-state index contributed by atoms with van der Waals surface area (Å²) in [5.41, 5.74) is 1.82. The number of rotatable bonds is 3. The van der Waals surface area contributed by atoms with Crippen LogP contribution in [-0.2, 0) is 19.4 Å². The van der Waals surface area contributed by atoms with Gasteiger partial charge in [0, 0.05) is 10.4 Å². The van der Waals surface area contributed by atoms with E-state index in [0.29, 0.717) is 17.0 Å². The van der Waals surface area contributed by atoms with Crippen LogP contribution in [0.1, 0.15) is 23.3 Å². The third kappa shape index (κ3) is 2.61. The fourth-order valence-corrected chi connectivity index (χ4v) is 4.69. The van der Waals surface area contributed by atoms with Gasteiger partial charge in [-0.1, -0.05) is 12.1 Å². The number of aromatic nitrogens is 2. The van der Waals surface area contributed by atoms with Crippen LogP contribution in [0.15, 0.2) is 29.1 Å². The predicted octanol–water partition coefficient (Wildman–Crippen LogP) is 3.54. The molecule has 0 spiro atoms. The molecule has 0 bridgehead atoms. The Bertz CT molecular complexity index is 1060. The Morgan fingerprint density at radius 2 is 2.20 bits per heavy atom. The molecular formula is C19H17N3O2S. The fourth-order valence-electron chi connectivity index (χ4n) is 3.44. The molecule has 0 aliphatic heterocycles. The van der Waals surface area contributed by atoms with Gasteiger partial charge in [0.2, 0.25) is 0 Å². The molecule has 5 nitrogen and oxygen atoms in total. The standard InChI is InChI=1S/C19H17N3O2S/c1-24-13-6-4-5-12(11-13)17-21-18-16(19(23)22(17)10-9-20)14-7-2-3-8-15(14)25-18/h4-6,11H,2-3,7-8,10H2,1H3. The summed E-state index contributed by atoms with van der Waals surface area (Å²) in [5.74, 6) is 1.22. The van der Waals surface area contributed by atoms with Crippen LogP contribution in [0, 0.1) is 11.3 Å². The highest BCUT2D eigenvalue weighted by molar-refractivity contribution is 7.18. The van der Waals surface area contributed by atoms with Crippen molar-refractivity contribution < 1.29 is 4.74 Å². The Hall–Kier alpha value is -2.65. The van der Waals surface area contributed by atoms with E-state index in [2.05, 4.69) is 6.07 Å². The van der Waals surface area contributed by atoms with Crippen molar-refractivity contribution in [3.05, 3.63) is 45.1 Å². The maximum atomic E-state index is 13.1. The average Bonchev–Trinajstić information content (AvgIpc) is 3.02. The number of fused-ring (bicyclic) bond motifs is 3. The van der Waals surface area contributed by atoms with E-state index in [1.165, 1.54) is 9.44 Å². The molecule has 1 aliphatic carbocycles. The van der Waals surface area contributed by atoms with Crippen molar-refractivity contribution in [3.8, 4) is 23.2 Å². The van der Waals surface area contributed by atoms with Crippen molar-refractivity contribution in [2.75, 3.05) is 7.11 Å². The van der Waals surface area contributed by atoms with Gasteiger partial charge in [0.1, 0.15) is 22.9 Å². The lowest BCUT2D eigenvalue weighted by Crippen LogP contribution is -2.23. The quantitative estimate of drug-likeness (QED) is 0.724. The van der Waals surface area contributed by atoms with Crippen molar-refractivity contribution in [1.29, 1.82) is 5.26 Å². The van der Waals surface area contributed by atoms with Gasteiger partial charge in [0.05, 0.1) is 18.6 Å². The SMILES string of the molecule is COc1cccc(-c2nc3sc4c(c3c(=O)n2CC#N)CCCC4)c1. The van der Waals surface area contributed by atoms with E-state index in [-0.39, 0.29) is 12.1 Å². The highest BCUT2D eigenvalue weighted by atomic mass is 32.1. The Morgan fingerprint density at radius 1 is 1.36 bits per heavy atom. The summed E-state index contributed by atoms with van der Waals surface area (Å²) >= 11 is 1.62. The van der Waals surface area contributed by atoms with Crippen LogP contribution < -0.4 is 10.3 Å². The zero-order chi connectivity index (χ0) is 17.4. The molecule has 6 heteroatoms. The molecule has 2 aromatic heterocycles. The van der Waals surface area contributed by atoms with Gasteiger partial charge in [0.15, 0.2) is 0 Å². The highest BCUT2D eigenvalue weighted by Crippen LogP contribution is 2.35. The molecule has 126 valence electrons. The fraction of sp³-hybridized carbons (Fsp3) is 0.316. The summed E-state index contributed by atoms with van der Waals surface area (Å²) in [6, 6.07) is 9.53. The Balaban J connectivity index is 2.02. The first-order valence-electron chi connectivity index (χ1n) is 8.29. The number of methoxy groups -OCH3 is 1. The Kier molecular flexibility index (Phi) is 4.02. The number of hydrogen-bond donors (Lipinski definition) is 0. The summed E-state index contributed by atoms with van der Waals surface area (Å²) in [5, 5.41) is 9.93. The molecule has 0 unspecified atom stereocenters. The zero-order valence-electron chi connectivity index (χ0n) is 13.9. The van der Waals surface area contributed by atoms with Gasteiger partial charge in [-0.25, -0.2) is 4.98 Å². The smallest absolute Gasteiger partial charge is 0.263 e. The molecule has 0 N–H and O–H groups in total. The molecule has 4 rings (SSSR count). The van der Waals surface area contributed by atoms with Crippen LogP contribution in [0.2, 0.25) is 0 Å². The molecule has 1 aromatic carbocycles. The Labute approximate surface area is 149 Å². The van der Waals surface area contributed by atoms with E-state index < -0.39 is 0 Å². The van der Waals surface area contributed by atoms with Crippen LogP contribution in [0.4, 0.5) is 0 Å². The van der Waals surface area contributed by atoms with Crippen molar-refractivity contribution in [1.82, 2.24) is 9.55 Å². The third-order valence-electron chi connectivity index (χ3n) is 4.63. The molecule has 0 radical (unpaired) electrons. The topological polar surface area (TPSA) is 67.9 Å². The van der Waals surface area contributed by atoms with Gasteiger partial charge in [0.25, 0.3) is 5.56 Å². The summed E-state index contributed by atoms with van der Waals surface area (Å²) in [6.45, 7) is -0.0149. The molecule has 0 amide bonds. The minimum Gasteiger partial charge on any atom is -0.497 e. The van der Waals surface area contributed by atoms with Gasteiger partial charge in [-0.3, -0.25) is 9.36 Å². The van der Waals surface area contributed by atoms with E-state index in [1.807, 2.05) is 24.3 Å². The largest absolute Gasteiger partial charge is 0.497 e. The second kappa shape index (κ2) is 6.34. The van der Waals surface area contributed by atoms with Gasteiger partial charge in [-0.2, -0.15) is 5.26 Å². The van der Waals surface area contributed by atoms with Crippen molar-refractivity contribution >= 4 is 21.6 Å². The van der Waals surface area contributed by atoms with E-state index in [9.17, 15) is 10.1 Å². The molecule has 0 saturated heterocycles. The molecule has 1 aliphatic rings. The summed E-state index contributed by atoms with van der Waals surface area (Å²) in [7, 11) is 1.60. The third-order valence-corrected chi connectivity index (χ3v) is 5.82. The number of aryl methyl sites for hydroxylation is 2. The molecule has 25 heavy (non-hydrogen) atoms. The minimum absolute atomic E-state index is 0.0149. The van der Waals surface area contributed by atoms with Crippen molar-refractivity contribution in [2.45, 2.75) is 32.2 Å². The molecular weight excluding hydrogens is 334 g/mol. The summed E-state index contributed by atoms with van der Waals surface area (Å²) in [4.78, 5) is 20.0. The maximum absolute atomic E-state index is 13.1. The van der Waals surface area contributed by atoms with Crippen LogP contribution in [0.3, 0.4) is 0 Å². The summed E-state index contributed by atoms with van der Waals surface area (Å²) in [6.07, 6.45) is 4.21. The summed E-state index contributed by atoms with van der Waals surface area (Å²) < 4.78 is 6.77. The molecule has 0 saturated carbocycles. The Morgan fingerprint density at radius 3 is 3.00 bits per heavy atom. The first kappa shape index (κ1) is 15.9. The zero-order valence-corrected chi connectivity index (χ0v) is 14.7. The van der Waals surface area contributed by atoms with Crippen molar-refractivity contribution in [3.63, 3.8) is 0 Å². The van der Waals surface area contributed by atoms with Crippen LogP contribution in [0.5, 0.6) is 5.75 Å². The van der Waals surface area contributed by atoms with Crippen LogP contribution >= 0.6 is 11.3 Å². The first-order chi connectivity index (χ1) is 12.2. The van der Waals surface area contributed by atoms with E-state index in [0.717, 1.165) is 41.6 Å². The number of nitrogens with zero attached hydrogens (tertiary/aromatic N) is 3. The van der Waals surface area contributed by atoms with Gasteiger partial charge >= 0.3 is 0 Å². The second-order valence-electron chi connectivity index (χ2n) is 6.11. The predicted molar refractivity (Wildman–Crippen MR) is 98.1 cm³/mol. The average molecular weight is 351 g/mol. The maximum Gasteiger partial charge on any atom is 0.263 e. The highest BCUT2D eigenvalue weighted by Gasteiger charge is 2.22. The van der Waals surface area contributed by atoms with Crippen LogP contribution in [0.25, 0.3) is 21.6 Å².